The summed E-state index contributed by atoms with van der Waals surface area (Å²) in [5, 5.41) is 3.75. The van der Waals surface area contributed by atoms with Crippen molar-refractivity contribution in [2.75, 3.05) is 19.7 Å². The number of aryl methyl sites for hydroxylation is 1. The smallest absolute Gasteiger partial charge is 0.409 e. The van der Waals surface area contributed by atoms with E-state index in [9.17, 15) is 14.4 Å². The zero-order chi connectivity index (χ0) is 21.0. The second kappa shape index (κ2) is 8.98. The van der Waals surface area contributed by atoms with Gasteiger partial charge in [0.2, 0.25) is 0 Å². The van der Waals surface area contributed by atoms with Gasteiger partial charge in [-0.3, -0.25) is 4.79 Å². The Morgan fingerprint density at radius 3 is 2.69 bits per heavy atom. The molecule has 0 aliphatic carbocycles. The third kappa shape index (κ3) is 5.07. The fourth-order valence-corrected chi connectivity index (χ4v) is 3.37. The zero-order valence-electron chi connectivity index (χ0n) is 16.9. The highest BCUT2D eigenvalue weighted by atomic mass is 16.6. The molecule has 1 aromatic carbocycles. The van der Waals surface area contributed by atoms with E-state index in [1.807, 2.05) is 6.92 Å². The maximum atomic E-state index is 12.5. The van der Waals surface area contributed by atoms with Gasteiger partial charge in [0.05, 0.1) is 6.61 Å². The number of hydrogen-bond donors (Lipinski definition) is 1. The molecule has 29 heavy (non-hydrogen) atoms. The second-order valence-electron chi connectivity index (χ2n) is 7.14. The van der Waals surface area contributed by atoms with E-state index in [0.717, 1.165) is 10.9 Å². The van der Waals surface area contributed by atoms with Gasteiger partial charge < -0.3 is 24.1 Å². The summed E-state index contributed by atoms with van der Waals surface area (Å²) in [4.78, 5) is 37.4. The molecular weight excluding hydrogens is 376 g/mol. The quantitative estimate of drug-likeness (QED) is 0.772. The van der Waals surface area contributed by atoms with Gasteiger partial charge in [0.25, 0.3) is 5.91 Å². The van der Waals surface area contributed by atoms with Gasteiger partial charge in [0.1, 0.15) is 11.3 Å². The lowest BCUT2D eigenvalue weighted by atomic mass is 10.1. The zero-order valence-corrected chi connectivity index (χ0v) is 16.9. The molecule has 2 amide bonds. The van der Waals surface area contributed by atoms with E-state index in [2.05, 4.69) is 5.32 Å². The predicted molar refractivity (Wildman–Crippen MR) is 107 cm³/mol. The Morgan fingerprint density at radius 2 is 2.00 bits per heavy atom. The molecule has 156 valence electrons. The first-order chi connectivity index (χ1) is 13.9. The molecule has 3 rings (SSSR count). The van der Waals surface area contributed by atoms with Gasteiger partial charge in [-0.15, -0.1) is 0 Å². The van der Waals surface area contributed by atoms with Crippen LogP contribution in [0.5, 0.6) is 5.75 Å². The molecule has 0 radical (unpaired) electrons. The predicted octanol–water partition coefficient (Wildman–Crippen LogP) is 2.61. The maximum Gasteiger partial charge on any atom is 0.409 e. The van der Waals surface area contributed by atoms with Gasteiger partial charge in [-0.25, -0.2) is 9.59 Å². The van der Waals surface area contributed by atoms with Crippen molar-refractivity contribution in [2.45, 2.75) is 45.8 Å². The fourth-order valence-electron chi connectivity index (χ4n) is 3.37. The summed E-state index contributed by atoms with van der Waals surface area (Å²) in [6.07, 6.45) is 0.347. The van der Waals surface area contributed by atoms with Crippen LogP contribution in [0.1, 0.15) is 32.3 Å². The molecule has 1 aromatic heterocycles. The minimum atomic E-state index is -0.688. The van der Waals surface area contributed by atoms with Gasteiger partial charge in [0, 0.05) is 30.6 Å². The molecule has 1 aliphatic rings. The average Bonchev–Trinajstić information content (AvgIpc) is 2.69. The molecule has 1 atom stereocenters. The van der Waals surface area contributed by atoms with Crippen molar-refractivity contribution in [3.05, 3.63) is 40.2 Å². The molecule has 1 N–H and O–H groups in total. The van der Waals surface area contributed by atoms with Crippen LogP contribution in [0.15, 0.2) is 33.5 Å². The SMILES string of the molecule is CCOC(=O)N1CCC(NC(=O)C(C)Oc2ccc3oc(=O)cc(C)c3c2)CC1. The number of ether oxygens (including phenoxy) is 2. The summed E-state index contributed by atoms with van der Waals surface area (Å²) in [5.74, 6) is 0.310. The van der Waals surface area contributed by atoms with Gasteiger partial charge in [-0.05, 0) is 57.4 Å². The lowest BCUT2D eigenvalue weighted by molar-refractivity contribution is -0.128. The number of hydrogen-bond acceptors (Lipinski definition) is 6. The Morgan fingerprint density at radius 1 is 1.28 bits per heavy atom. The maximum absolute atomic E-state index is 12.5. The number of likely N-dealkylation sites (tertiary alicyclic amines) is 1. The largest absolute Gasteiger partial charge is 0.481 e. The number of benzene rings is 1. The minimum Gasteiger partial charge on any atom is -0.481 e. The summed E-state index contributed by atoms with van der Waals surface area (Å²) in [6, 6.07) is 6.51. The lowest BCUT2D eigenvalue weighted by Gasteiger charge is -2.32. The third-order valence-corrected chi connectivity index (χ3v) is 4.97. The normalized spacial score (nSPS) is 15.8. The molecule has 1 saturated heterocycles. The highest BCUT2D eigenvalue weighted by Gasteiger charge is 2.26. The topological polar surface area (TPSA) is 98.1 Å². The number of rotatable bonds is 5. The highest BCUT2D eigenvalue weighted by Crippen LogP contribution is 2.23. The van der Waals surface area contributed by atoms with Crippen LogP contribution in [0.25, 0.3) is 11.0 Å². The Balaban J connectivity index is 1.55. The standard InChI is InChI=1S/C21H26N2O6/c1-4-27-21(26)23-9-7-15(8-10-23)22-20(25)14(3)28-16-5-6-18-17(12-16)13(2)11-19(24)29-18/h5-6,11-12,14-15H,4,7-10H2,1-3H3,(H,22,25). The summed E-state index contributed by atoms with van der Waals surface area (Å²) in [5.41, 5.74) is 0.866. The first kappa shape index (κ1) is 20.7. The molecular formula is C21H26N2O6. The molecule has 1 fully saturated rings. The number of nitrogens with zero attached hydrogens (tertiary/aromatic N) is 1. The van der Waals surface area contributed by atoms with Crippen LogP contribution in [0.4, 0.5) is 4.79 Å². The summed E-state index contributed by atoms with van der Waals surface area (Å²) in [6.45, 7) is 6.74. The Labute approximate surface area is 168 Å². The van der Waals surface area contributed by atoms with Gasteiger partial charge >= 0.3 is 11.7 Å². The fraction of sp³-hybridized carbons (Fsp3) is 0.476. The molecule has 0 bridgehead atoms. The molecule has 0 saturated carbocycles. The van der Waals surface area contributed by atoms with Crippen LogP contribution in [-0.4, -0.2) is 48.7 Å². The molecule has 0 spiro atoms. The second-order valence-corrected chi connectivity index (χ2v) is 7.14. The van der Waals surface area contributed by atoms with Crippen LogP contribution >= 0.6 is 0 Å². The van der Waals surface area contributed by atoms with E-state index < -0.39 is 11.7 Å². The number of carbonyl (C=O) groups excluding carboxylic acids is 2. The van der Waals surface area contributed by atoms with Crippen molar-refractivity contribution in [3.8, 4) is 5.75 Å². The minimum absolute atomic E-state index is 0.00708. The van der Waals surface area contributed by atoms with E-state index in [1.165, 1.54) is 6.07 Å². The summed E-state index contributed by atoms with van der Waals surface area (Å²) >= 11 is 0. The van der Waals surface area contributed by atoms with Crippen molar-refractivity contribution in [3.63, 3.8) is 0 Å². The molecule has 8 heteroatoms. The van der Waals surface area contributed by atoms with Crippen LogP contribution in [0, 0.1) is 6.92 Å². The van der Waals surface area contributed by atoms with Crippen LogP contribution < -0.4 is 15.7 Å². The van der Waals surface area contributed by atoms with E-state index >= 15 is 0 Å². The number of piperidine rings is 1. The average molecular weight is 402 g/mol. The van der Waals surface area contributed by atoms with Gasteiger partial charge in [-0.2, -0.15) is 0 Å². The van der Waals surface area contributed by atoms with Crippen LogP contribution in [0.3, 0.4) is 0 Å². The van der Waals surface area contributed by atoms with Gasteiger partial charge in [0.15, 0.2) is 6.10 Å². The van der Waals surface area contributed by atoms with E-state index in [4.69, 9.17) is 13.9 Å². The molecule has 2 aromatic rings. The Kier molecular flexibility index (Phi) is 6.41. The summed E-state index contributed by atoms with van der Waals surface area (Å²) in [7, 11) is 0. The molecule has 1 unspecified atom stereocenters. The highest BCUT2D eigenvalue weighted by molar-refractivity contribution is 5.83. The summed E-state index contributed by atoms with van der Waals surface area (Å²) < 4.78 is 16.0. The third-order valence-electron chi connectivity index (χ3n) is 4.97. The van der Waals surface area contributed by atoms with Crippen LogP contribution in [-0.2, 0) is 9.53 Å². The van der Waals surface area contributed by atoms with Crippen molar-refractivity contribution in [1.29, 1.82) is 0 Å². The van der Waals surface area contributed by atoms with E-state index in [1.54, 1.807) is 36.9 Å². The number of nitrogens with one attached hydrogen (secondary N) is 1. The first-order valence-corrected chi connectivity index (χ1v) is 9.80. The van der Waals surface area contributed by atoms with Crippen LogP contribution in [0.2, 0.25) is 0 Å². The van der Waals surface area contributed by atoms with Crippen molar-refractivity contribution in [2.24, 2.45) is 0 Å². The monoisotopic (exact) mass is 402 g/mol. The number of fused-ring (bicyclic) bond motifs is 1. The molecule has 2 heterocycles. The van der Waals surface area contributed by atoms with E-state index in [0.29, 0.717) is 43.9 Å². The number of amides is 2. The van der Waals surface area contributed by atoms with Gasteiger partial charge in [-0.1, -0.05) is 0 Å². The van der Waals surface area contributed by atoms with Crippen molar-refractivity contribution < 1.29 is 23.5 Å². The number of carbonyl (C=O) groups is 2. The van der Waals surface area contributed by atoms with Crippen molar-refractivity contribution >= 4 is 23.0 Å². The molecule has 1 aliphatic heterocycles. The Bertz CT molecular complexity index is 946. The molecule has 8 nitrogen and oxygen atoms in total. The van der Waals surface area contributed by atoms with Crippen molar-refractivity contribution in [1.82, 2.24) is 10.2 Å². The van der Waals surface area contributed by atoms with E-state index in [-0.39, 0.29) is 18.0 Å². The Hall–Kier alpha value is -3.03. The lowest BCUT2D eigenvalue weighted by Crippen LogP contribution is -2.49. The first-order valence-electron chi connectivity index (χ1n) is 9.80.